The van der Waals surface area contributed by atoms with Crippen molar-refractivity contribution in [1.82, 2.24) is 19.9 Å². The number of amides is 1. The summed E-state index contributed by atoms with van der Waals surface area (Å²) in [6.07, 6.45) is 3.33. The third-order valence-corrected chi connectivity index (χ3v) is 3.83. The maximum absolute atomic E-state index is 12.1. The summed E-state index contributed by atoms with van der Waals surface area (Å²) in [5.74, 6) is 0.576. The molecule has 0 radical (unpaired) electrons. The van der Waals surface area contributed by atoms with Crippen LogP contribution in [0.15, 0.2) is 35.3 Å². The summed E-state index contributed by atoms with van der Waals surface area (Å²) in [6, 6.07) is 5.78. The van der Waals surface area contributed by atoms with Crippen LogP contribution in [-0.4, -0.2) is 32.4 Å². The van der Waals surface area contributed by atoms with E-state index in [4.69, 9.17) is 0 Å². The number of fused-ring (bicyclic) bond motifs is 1. The molecule has 2 aromatic heterocycles. The van der Waals surface area contributed by atoms with Gasteiger partial charge in [0, 0.05) is 23.1 Å². The van der Waals surface area contributed by atoms with Crippen LogP contribution >= 0.6 is 15.9 Å². The number of hydrogen-bond acceptors (Lipinski definition) is 5. The molecule has 0 bridgehead atoms. The molecule has 3 N–H and O–H groups in total. The largest absolute Gasteiger partial charge is 0.368 e. The smallest absolute Gasteiger partial charge is 0.226 e. The average molecular weight is 375 g/mol. The average Bonchev–Trinajstić information content (AvgIpc) is 3.00. The first-order chi connectivity index (χ1) is 11.1. The first-order valence-corrected chi connectivity index (χ1v) is 7.87. The lowest BCUT2D eigenvalue weighted by Gasteiger charge is -2.10. The molecule has 8 heteroatoms. The quantitative estimate of drug-likeness (QED) is 0.637. The number of H-pyrrole nitrogens is 1. The highest BCUT2D eigenvalue weighted by Gasteiger charge is 2.08. The van der Waals surface area contributed by atoms with E-state index in [-0.39, 0.29) is 5.91 Å². The summed E-state index contributed by atoms with van der Waals surface area (Å²) >= 11 is 3.40. The number of imidazole rings is 1. The molecule has 1 aromatic carbocycles. The van der Waals surface area contributed by atoms with Crippen LogP contribution in [0.2, 0.25) is 0 Å². The monoisotopic (exact) mass is 374 g/mol. The second kappa shape index (κ2) is 6.74. The maximum Gasteiger partial charge on any atom is 0.226 e. The Balaban J connectivity index is 1.57. The lowest BCUT2D eigenvalue weighted by atomic mass is 10.2. The van der Waals surface area contributed by atoms with Gasteiger partial charge in [-0.05, 0) is 24.6 Å². The van der Waals surface area contributed by atoms with Crippen molar-refractivity contribution in [3.63, 3.8) is 0 Å². The fourth-order valence-electron chi connectivity index (χ4n) is 2.14. The number of aromatic nitrogens is 4. The van der Waals surface area contributed by atoms with Crippen molar-refractivity contribution in [1.29, 1.82) is 0 Å². The van der Waals surface area contributed by atoms with E-state index in [2.05, 4.69) is 46.5 Å². The second-order valence-corrected chi connectivity index (χ2v) is 5.92. The fraction of sp³-hybridized carbons (Fsp3) is 0.200. The predicted octanol–water partition coefficient (Wildman–Crippen LogP) is 2.86. The summed E-state index contributed by atoms with van der Waals surface area (Å²) in [5.41, 5.74) is 3.15. The minimum atomic E-state index is -0.0615. The fourth-order valence-corrected chi connectivity index (χ4v) is 2.50. The first-order valence-electron chi connectivity index (χ1n) is 7.07. The van der Waals surface area contributed by atoms with Gasteiger partial charge in [-0.25, -0.2) is 15.0 Å². The Bertz CT molecular complexity index is 847. The number of anilines is 2. The zero-order valence-corrected chi connectivity index (χ0v) is 14.0. The number of carbonyl (C=O) groups is 1. The summed E-state index contributed by atoms with van der Waals surface area (Å²) in [5, 5.41) is 6.03. The van der Waals surface area contributed by atoms with E-state index in [0.29, 0.717) is 24.4 Å². The molecular weight excluding hydrogens is 360 g/mol. The van der Waals surface area contributed by atoms with Gasteiger partial charge in [0.25, 0.3) is 0 Å². The maximum atomic E-state index is 12.1. The van der Waals surface area contributed by atoms with Gasteiger partial charge in [0.05, 0.1) is 6.33 Å². The SMILES string of the molecule is Cc1ccc(Br)cc1NC(=O)CCNc1ncnc2nc[nH]c12. The van der Waals surface area contributed by atoms with Crippen LogP contribution in [0.1, 0.15) is 12.0 Å². The number of carbonyl (C=O) groups excluding carboxylic acids is 1. The molecule has 0 unspecified atom stereocenters. The number of nitrogens with one attached hydrogen (secondary N) is 3. The molecule has 0 aliphatic heterocycles. The van der Waals surface area contributed by atoms with Crippen LogP contribution in [0.3, 0.4) is 0 Å². The van der Waals surface area contributed by atoms with Crippen molar-refractivity contribution in [3.05, 3.63) is 40.9 Å². The molecule has 0 saturated carbocycles. The van der Waals surface area contributed by atoms with Crippen LogP contribution in [0.4, 0.5) is 11.5 Å². The molecule has 0 fully saturated rings. The van der Waals surface area contributed by atoms with Gasteiger partial charge in [-0.2, -0.15) is 0 Å². The molecule has 23 heavy (non-hydrogen) atoms. The lowest BCUT2D eigenvalue weighted by Crippen LogP contribution is -2.17. The predicted molar refractivity (Wildman–Crippen MR) is 92.3 cm³/mol. The Hall–Kier alpha value is -2.48. The standard InChI is InChI=1S/C15H15BrN6O/c1-9-2-3-10(16)6-11(9)22-12(23)4-5-17-14-13-15(19-7-18-13)21-8-20-14/h2-3,6-8H,4-5H2,1H3,(H,22,23)(H2,17,18,19,20,21). The topological polar surface area (TPSA) is 95.6 Å². The molecule has 118 valence electrons. The number of aryl methyl sites for hydroxylation is 1. The molecule has 0 aliphatic rings. The van der Waals surface area contributed by atoms with Crippen molar-refractivity contribution in [2.75, 3.05) is 17.2 Å². The van der Waals surface area contributed by atoms with Crippen molar-refractivity contribution >= 4 is 44.5 Å². The van der Waals surface area contributed by atoms with Gasteiger partial charge < -0.3 is 15.6 Å². The van der Waals surface area contributed by atoms with Gasteiger partial charge in [0.15, 0.2) is 11.5 Å². The van der Waals surface area contributed by atoms with E-state index >= 15 is 0 Å². The van der Waals surface area contributed by atoms with E-state index in [9.17, 15) is 4.79 Å². The Morgan fingerprint density at radius 1 is 1.30 bits per heavy atom. The van der Waals surface area contributed by atoms with Gasteiger partial charge in [-0.1, -0.05) is 22.0 Å². The summed E-state index contributed by atoms with van der Waals surface area (Å²) in [6.45, 7) is 2.42. The van der Waals surface area contributed by atoms with Gasteiger partial charge in [0.2, 0.25) is 5.91 Å². The van der Waals surface area contributed by atoms with E-state index in [1.165, 1.54) is 6.33 Å². The molecule has 3 aromatic rings. The summed E-state index contributed by atoms with van der Waals surface area (Å²) in [4.78, 5) is 27.3. The molecular formula is C15H15BrN6O. The van der Waals surface area contributed by atoms with Crippen LogP contribution < -0.4 is 10.6 Å². The number of nitrogens with zero attached hydrogens (tertiary/aromatic N) is 3. The number of hydrogen-bond donors (Lipinski definition) is 3. The first kappa shape index (κ1) is 15.4. The minimum Gasteiger partial charge on any atom is -0.368 e. The minimum absolute atomic E-state index is 0.0615. The van der Waals surface area contributed by atoms with E-state index in [1.54, 1.807) is 6.33 Å². The number of halogens is 1. The Morgan fingerprint density at radius 3 is 3.04 bits per heavy atom. The molecule has 3 rings (SSSR count). The molecule has 2 heterocycles. The second-order valence-electron chi connectivity index (χ2n) is 5.01. The van der Waals surface area contributed by atoms with Crippen LogP contribution in [-0.2, 0) is 4.79 Å². The lowest BCUT2D eigenvalue weighted by molar-refractivity contribution is -0.115. The molecule has 7 nitrogen and oxygen atoms in total. The van der Waals surface area contributed by atoms with Crippen molar-refractivity contribution < 1.29 is 4.79 Å². The molecule has 0 saturated heterocycles. The van der Waals surface area contributed by atoms with Gasteiger partial charge in [-0.3, -0.25) is 4.79 Å². The number of benzene rings is 1. The van der Waals surface area contributed by atoms with Gasteiger partial charge in [-0.15, -0.1) is 0 Å². The van der Waals surface area contributed by atoms with Crippen LogP contribution in [0, 0.1) is 6.92 Å². The van der Waals surface area contributed by atoms with Crippen molar-refractivity contribution in [2.24, 2.45) is 0 Å². The molecule has 1 amide bonds. The van der Waals surface area contributed by atoms with E-state index in [0.717, 1.165) is 21.2 Å². The van der Waals surface area contributed by atoms with E-state index < -0.39 is 0 Å². The highest BCUT2D eigenvalue weighted by Crippen LogP contribution is 2.20. The zero-order valence-electron chi connectivity index (χ0n) is 12.4. The van der Waals surface area contributed by atoms with Crippen molar-refractivity contribution in [2.45, 2.75) is 13.3 Å². The third-order valence-electron chi connectivity index (χ3n) is 3.34. The van der Waals surface area contributed by atoms with Gasteiger partial charge in [0.1, 0.15) is 11.8 Å². The molecule has 0 atom stereocenters. The highest BCUT2D eigenvalue weighted by atomic mass is 79.9. The third kappa shape index (κ3) is 3.65. The van der Waals surface area contributed by atoms with Crippen LogP contribution in [0.25, 0.3) is 11.2 Å². The summed E-state index contributed by atoms with van der Waals surface area (Å²) in [7, 11) is 0. The van der Waals surface area contributed by atoms with Gasteiger partial charge >= 0.3 is 0 Å². The number of aromatic amines is 1. The normalized spacial score (nSPS) is 10.7. The summed E-state index contributed by atoms with van der Waals surface area (Å²) < 4.78 is 0.930. The Morgan fingerprint density at radius 2 is 2.17 bits per heavy atom. The number of rotatable bonds is 5. The van der Waals surface area contributed by atoms with Crippen LogP contribution in [0.5, 0.6) is 0 Å². The molecule has 0 aliphatic carbocycles. The Labute approximate surface area is 141 Å². The zero-order chi connectivity index (χ0) is 16.2. The van der Waals surface area contributed by atoms with E-state index in [1.807, 2.05) is 25.1 Å². The molecule has 0 spiro atoms. The van der Waals surface area contributed by atoms with Crippen molar-refractivity contribution in [3.8, 4) is 0 Å². The highest BCUT2D eigenvalue weighted by molar-refractivity contribution is 9.10. The Kier molecular flexibility index (Phi) is 4.52.